The second-order valence-electron chi connectivity index (χ2n) is 6.30. The summed E-state index contributed by atoms with van der Waals surface area (Å²) < 4.78 is 12.3. The maximum atomic E-state index is 6.22. The Morgan fingerprint density at radius 3 is 2.95 bits per heavy atom. The van der Waals surface area contributed by atoms with Crippen LogP contribution in [0.25, 0.3) is 0 Å². The topological polar surface area (TPSA) is 30.5 Å². The number of thioether (sulfide) groups is 1. The zero-order valence-corrected chi connectivity index (χ0v) is 12.7. The molecule has 0 saturated carbocycles. The largest absolute Gasteiger partial charge is 0.378 e. The number of hydrogen-bond acceptors (Lipinski definition) is 4. The van der Waals surface area contributed by atoms with Gasteiger partial charge in [-0.1, -0.05) is 0 Å². The van der Waals surface area contributed by atoms with Crippen LogP contribution in [-0.4, -0.2) is 49.5 Å². The Hall–Kier alpha value is 0.230. The van der Waals surface area contributed by atoms with E-state index in [1.54, 1.807) is 0 Å². The summed E-state index contributed by atoms with van der Waals surface area (Å²) >= 11 is 2.07. The zero-order valence-electron chi connectivity index (χ0n) is 11.9. The summed E-state index contributed by atoms with van der Waals surface area (Å²) in [6.45, 7) is 4.18. The van der Waals surface area contributed by atoms with Gasteiger partial charge in [0, 0.05) is 19.6 Å². The van der Waals surface area contributed by atoms with Gasteiger partial charge in [-0.3, -0.25) is 0 Å². The summed E-state index contributed by atoms with van der Waals surface area (Å²) in [7, 11) is 0. The molecule has 3 heterocycles. The highest BCUT2D eigenvalue weighted by Crippen LogP contribution is 2.38. The average molecular weight is 285 g/mol. The van der Waals surface area contributed by atoms with E-state index >= 15 is 0 Å². The fourth-order valence-corrected chi connectivity index (χ4v) is 4.79. The molecule has 0 bridgehead atoms. The van der Waals surface area contributed by atoms with Gasteiger partial charge in [-0.15, -0.1) is 0 Å². The van der Waals surface area contributed by atoms with Crippen molar-refractivity contribution in [3.63, 3.8) is 0 Å². The Balaban J connectivity index is 1.45. The SMILES string of the molecule is C1CNCC(COC2CCOC3(CCSCC3)C2)C1. The third-order valence-corrected chi connectivity index (χ3v) is 5.80. The van der Waals surface area contributed by atoms with E-state index in [9.17, 15) is 0 Å². The maximum absolute atomic E-state index is 6.22. The summed E-state index contributed by atoms with van der Waals surface area (Å²) in [6.07, 6.45) is 7.76. The van der Waals surface area contributed by atoms with Crippen LogP contribution >= 0.6 is 11.8 Å². The van der Waals surface area contributed by atoms with Gasteiger partial charge < -0.3 is 14.8 Å². The van der Waals surface area contributed by atoms with Crippen LogP contribution in [0.3, 0.4) is 0 Å². The van der Waals surface area contributed by atoms with Crippen molar-refractivity contribution >= 4 is 11.8 Å². The highest BCUT2D eigenvalue weighted by atomic mass is 32.2. The van der Waals surface area contributed by atoms with Crippen LogP contribution in [0.1, 0.15) is 38.5 Å². The minimum Gasteiger partial charge on any atom is -0.378 e. The Morgan fingerprint density at radius 2 is 2.16 bits per heavy atom. The van der Waals surface area contributed by atoms with E-state index in [1.165, 1.54) is 43.7 Å². The lowest BCUT2D eigenvalue weighted by Gasteiger charge is -2.43. The van der Waals surface area contributed by atoms with Gasteiger partial charge in [-0.25, -0.2) is 0 Å². The van der Waals surface area contributed by atoms with Crippen molar-refractivity contribution in [3.05, 3.63) is 0 Å². The standard InChI is InChI=1S/C15H27NO2S/c1-2-13(11-16-6-1)12-17-14-3-7-18-15(10-14)4-8-19-9-5-15/h13-14,16H,1-12H2. The van der Waals surface area contributed by atoms with Gasteiger partial charge >= 0.3 is 0 Å². The fraction of sp³-hybridized carbons (Fsp3) is 1.00. The molecule has 0 aromatic rings. The molecule has 0 radical (unpaired) electrons. The normalized spacial score (nSPS) is 35.4. The molecule has 3 saturated heterocycles. The molecule has 0 aromatic heterocycles. The van der Waals surface area contributed by atoms with E-state index < -0.39 is 0 Å². The highest BCUT2D eigenvalue weighted by Gasteiger charge is 2.39. The predicted molar refractivity (Wildman–Crippen MR) is 79.8 cm³/mol. The molecule has 110 valence electrons. The van der Waals surface area contributed by atoms with E-state index in [0.29, 0.717) is 6.10 Å². The van der Waals surface area contributed by atoms with Crippen molar-refractivity contribution in [3.8, 4) is 0 Å². The van der Waals surface area contributed by atoms with Gasteiger partial charge in [0.15, 0.2) is 0 Å². The lowest BCUT2D eigenvalue weighted by molar-refractivity contribution is -0.141. The average Bonchev–Trinajstić information content (AvgIpc) is 2.47. The van der Waals surface area contributed by atoms with E-state index in [-0.39, 0.29) is 5.60 Å². The first-order chi connectivity index (χ1) is 9.36. The third kappa shape index (κ3) is 3.87. The summed E-state index contributed by atoms with van der Waals surface area (Å²) in [5.74, 6) is 3.26. The van der Waals surface area contributed by atoms with Gasteiger partial charge in [0.05, 0.1) is 18.3 Å². The van der Waals surface area contributed by atoms with Crippen molar-refractivity contribution in [1.29, 1.82) is 0 Å². The van der Waals surface area contributed by atoms with Gasteiger partial charge in [-0.2, -0.15) is 11.8 Å². The second kappa shape index (κ2) is 6.79. The first-order valence-corrected chi connectivity index (χ1v) is 9.06. The van der Waals surface area contributed by atoms with Crippen molar-refractivity contribution in [1.82, 2.24) is 5.32 Å². The van der Waals surface area contributed by atoms with Crippen LogP contribution in [0.15, 0.2) is 0 Å². The minimum atomic E-state index is 0.166. The summed E-state index contributed by atoms with van der Waals surface area (Å²) in [5, 5.41) is 3.47. The first kappa shape index (κ1) is 14.2. The monoisotopic (exact) mass is 285 g/mol. The number of hydrogen-bond donors (Lipinski definition) is 1. The van der Waals surface area contributed by atoms with Gasteiger partial charge in [0.1, 0.15) is 0 Å². The highest BCUT2D eigenvalue weighted by molar-refractivity contribution is 7.99. The molecule has 3 aliphatic rings. The number of piperidine rings is 1. The van der Waals surface area contributed by atoms with Crippen LogP contribution < -0.4 is 5.32 Å². The smallest absolute Gasteiger partial charge is 0.0723 e. The Kier molecular flexibility index (Phi) is 5.07. The summed E-state index contributed by atoms with van der Waals surface area (Å²) in [4.78, 5) is 0. The zero-order chi connectivity index (χ0) is 13.0. The molecule has 0 aliphatic carbocycles. The molecule has 1 N–H and O–H groups in total. The predicted octanol–water partition coefficient (Wildman–Crippen LogP) is 2.45. The molecule has 0 amide bonds. The minimum absolute atomic E-state index is 0.166. The molecule has 2 atom stereocenters. The van der Waals surface area contributed by atoms with Crippen LogP contribution in [-0.2, 0) is 9.47 Å². The van der Waals surface area contributed by atoms with Gasteiger partial charge in [0.25, 0.3) is 0 Å². The van der Waals surface area contributed by atoms with Crippen molar-refractivity contribution in [2.24, 2.45) is 5.92 Å². The van der Waals surface area contributed by atoms with Crippen LogP contribution in [0.4, 0.5) is 0 Å². The quantitative estimate of drug-likeness (QED) is 0.863. The van der Waals surface area contributed by atoms with Crippen LogP contribution in [0.2, 0.25) is 0 Å². The molecule has 4 heteroatoms. The van der Waals surface area contributed by atoms with E-state index in [4.69, 9.17) is 9.47 Å². The molecule has 1 spiro atoms. The summed E-state index contributed by atoms with van der Waals surface area (Å²) in [5.41, 5.74) is 0.166. The van der Waals surface area contributed by atoms with Gasteiger partial charge in [-0.05, 0) is 56.1 Å². The molecule has 0 aromatic carbocycles. The van der Waals surface area contributed by atoms with Crippen LogP contribution in [0, 0.1) is 5.92 Å². The third-order valence-electron chi connectivity index (χ3n) is 4.82. The Labute approximate surface area is 121 Å². The van der Waals surface area contributed by atoms with Crippen molar-refractivity contribution in [2.45, 2.75) is 50.2 Å². The Morgan fingerprint density at radius 1 is 1.26 bits per heavy atom. The number of nitrogens with one attached hydrogen (secondary N) is 1. The molecule has 3 fully saturated rings. The van der Waals surface area contributed by atoms with Crippen molar-refractivity contribution < 1.29 is 9.47 Å². The lowest BCUT2D eigenvalue weighted by atomic mass is 9.86. The number of ether oxygens (including phenoxy) is 2. The van der Waals surface area contributed by atoms with Crippen LogP contribution in [0.5, 0.6) is 0 Å². The molecular formula is C15H27NO2S. The molecule has 3 rings (SSSR count). The van der Waals surface area contributed by atoms with E-state index in [2.05, 4.69) is 17.1 Å². The molecule has 3 nitrogen and oxygen atoms in total. The maximum Gasteiger partial charge on any atom is 0.0723 e. The van der Waals surface area contributed by atoms with E-state index in [1.807, 2.05) is 0 Å². The fourth-order valence-electron chi connectivity index (χ4n) is 3.56. The van der Waals surface area contributed by atoms with Gasteiger partial charge in [0.2, 0.25) is 0 Å². The Bertz CT molecular complexity index is 270. The second-order valence-corrected chi connectivity index (χ2v) is 7.53. The molecule has 3 aliphatic heterocycles. The van der Waals surface area contributed by atoms with Crippen molar-refractivity contribution in [2.75, 3.05) is 37.8 Å². The lowest BCUT2D eigenvalue weighted by Crippen LogP contribution is -2.45. The van der Waals surface area contributed by atoms with E-state index in [0.717, 1.165) is 38.5 Å². The molecular weight excluding hydrogens is 258 g/mol. The summed E-state index contributed by atoms with van der Waals surface area (Å²) in [6, 6.07) is 0. The first-order valence-electron chi connectivity index (χ1n) is 7.90. The molecule has 2 unspecified atom stereocenters. The number of rotatable bonds is 3. The molecule has 19 heavy (non-hydrogen) atoms.